The summed E-state index contributed by atoms with van der Waals surface area (Å²) >= 11 is 18.4. The predicted octanol–water partition coefficient (Wildman–Crippen LogP) is 5.84. The first-order valence-corrected chi connectivity index (χ1v) is 7.91. The van der Waals surface area contributed by atoms with Crippen LogP contribution in [0.15, 0.2) is 30.3 Å². The minimum absolute atomic E-state index is 0.130. The molecule has 0 saturated carbocycles. The van der Waals surface area contributed by atoms with E-state index in [-0.39, 0.29) is 6.04 Å². The second-order valence-electron chi connectivity index (χ2n) is 5.22. The van der Waals surface area contributed by atoms with Crippen molar-refractivity contribution in [3.63, 3.8) is 0 Å². The molecule has 0 fully saturated rings. The van der Waals surface area contributed by atoms with Crippen molar-refractivity contribution < 1.29 is 5.11 Å². The minimum atomic E-state index is 0.130. The van der Waals surface area contributed by atoms with Crippen LogP contribution in [0.1, 0.15) is 30.0 Å². The number of benzene rings is 2. The number of halogens is 3. The lowest BCUT2D eigenvalue weighted by Gasteiger charge is -2.28. The Hall–Kier alpha value is -1.09. The third kappa shape index (κ3) is 3.08. The highest BCUT2D eigenvalue weighted by Gasteiger charge is 2.22. The Morgan fingerprint density at radius 3 is 2.48 bits per heavy atom. The van der Waals surface area contributed by atoms with Crippen molar-refractivity contribution in [3.8, 4) is 5.75 Å². The van der Waals surface area contributed by atoms with Gasteiger partial charge in [-0.1, -0.05) is 40.9 Å². The fraction of sp³-hybridized carbons (Fsp3) is 0.250. The molecule has 2 nitrogen and oxygen atoms in total. The van der Waals surface area contributed by atoms with Crippen molar-refractivity contribution in [2.24, 2.45) is 0 Å². The average molecular weight is 343 g/mol. The third-order valence-corrected chi connectivity index (χ3v) is 4.58. The lowest BCUT2D eigenvalue weighted by atomic mass is 9.87. The third-order valence-electron chi connectivity index (χ3n) is 3.77. The van der Waals surface area contributed by atoms with Gasteiger partial charge in [-0.25, -0.2) is 0 Å². The summed E-state index contributed by atoms with van der Waals surface area (Å²) in [5.41, 5.74) is 3.05. The first-order valence-electron chi connectivity index (χ1n) is 6.77. The Labute approximate surface area is 138 Å². The molecule has 1 aliphatic carbocycles. The second-order valence-corrected chi connectivity index (χ2v) is 6.47. The fourth-order valence-electron chi connectivity index (χ4n) is 2.80. The van der Waals surface area contributed by atoms with E-state index in [0.29, 0.717) is 26.5 Å². The summed E-state index contributed by atoms with van der Waals surface area (Å²) in [5, 5.41) is 14.6. The zero-order valence-electron chi connectivity index (χ0n) is 11.2. The number of hydrogen-bond donors (Lipinski definition) is 2. The van der Waals surface area contributed by atoms with Crippen molar-refractivity contribution in [2.45, 2.75) is 25.3 Å². The Morgan fingerprint density at radius 1 is 1.05 bits per heavy atom. The Kier molecular flexibility index (Phi) is 4.21. The van der Waals surface area contributed by atoms with Gasteiger partial charge in [-0.15, -0.1) is 0 Å². The number of aromatic hydroxyl groups is 1. The Morgan fingerprint density at radius 2 is 1.76 bits per heavy atom. The number of nitrogens with one attached hydrogen (secondary N) is 1. The van der Waals surface area contributed by atoms with Crippen LogP contribution >= 0.6 is 34.8 Å². The molecule has 2 aromatic rings. The summed E-state index contributed by atoms with van der Waals surface area (Å²) in [7, 11) is 0. The summed E-state index contributed by atoms with van der Waals surface area (Å²) in [6.07, 6.45) is 3.02. The largest absolute Gasteiger partial charge is 0.508 e. The second kappa shape index (κ2) is 5.96. The van der Waals surface area contributed by atoms with E-state index < -0.39 is 0 Å². The Bertz CT molecular complexity index is 664. The highest BCUT2D eigenvalue weighted by molar-refractivity contribution is 6.41. The zero-order chi connectivity index (χ0) is 15.0. The van der Waals surface area contributed by atoms with E-state index in [1.165, 1.54) is 11.1 Å². The van der Waals surface area contributed by atoms with Gasteiger partial charge >= 0.3 is 0 Å². The molecule has 21 heavy (non-hydrogen) atoms. The molecule has 1 atom stereocenters. The first-order chi connectivity index (χ1) is 10.0. The predicted molar refractivity (Wildman–Crippen MR) is 88.9 cm³/mol. The zero-order valence-corrected chi connectivity index (χ0v) is 13.4. The van der Waals surface area contributed by atoms with Gasteiger partial charge in [-0.2, -0.15) is 0 Å². The van der Waals surface area contributed by atoms with Crippen LogP contribution < -0.4 is 5.32 Å². The van der Waals surface area contributed by atoms with Crippen LogP contribution in [0.2, 0.25) is 15.1 Å². The Balaban J connectivity index is 1.94. The van der Waals surface area contributed by atoms with Gasteiger partial charge in [0.05, 0.1) is 21.8 Å². The summed E-state index contributed by atoms with van der Waals surface area (Å²) in [6, 6.07) is 8.98. The van der Waals surface area contributed by atoms with E-state index >= 15 is 0 Å². The molecule has 0 bridgehead atoms. The number of phenols is 1. The summed E-state index contributed by atoms with van der Waals surface area (Å²) in [6.45, 7) is 0. The minimum Gasteiger partial charge on any atom is -0.508 e. The lowest BCUT2D eigenvalue weighted by molar-refractivity contribution is 0.472. The van der Waals surface area contributed by atoms with E-state index in [1.807, 2.05) is 12.1 Å². The molecule has 0 saturated heterocycles. The lowest BCUT2D eigenvalue weighted by Crippen LogP contribution is -2.17. The molecule has 1 unspecified atom stereocenters. The van der Waals surface area contributed by atoms with Gasteiger partial charge in [-0.3, -0.25) is 0 Å². The van der Waals surface area contributed by atoms with Crippen molar-refractivity contribution in [3.05, 3.63) is 56.5 Å². The maximum absolute atomic E-state index is 9.61. The van der Waals surface area contributed by atoms with Gasteiger partial charge in [0.2, 0.25) is 0 Å². The van der Waals surface area contributed by atoms with Crippen LogP contribution in [-0.4, -0.2) is 5.11 Å². The standard InChI is InChI=1S/C16H14Cl3NO/c17-10-7-13(18)16(14(19)8-10)20-15-3-1-2-9-6-11(21)4-5-12(9)15/h4-8,15,20-21H,1-3H2. The van der Waals surface area contributed by atoms with Crippen LogP contribution in [0.25, 0.3) is 0 Å². The van der Waals surface area contributed by atoms with Crippen LogP contribution in [0.5, 0.6) is 5.75 Å². The van der Waals surface area contributed by atoms with Crippen molar-refractivity contribution in [2.75, 3.05) is 5.32 Å². The van der Waals surface area contributed by atoms with Gasteiger partial charge in [0, 0.05) is 5.02 Å². The van der Waals surface area contributed by atoms with E-state index in [4.69, 9.17) is 34.8 Å². The van der Waals surface area contributed by atoms with Gasteiger partial charge < -0.3 is 10.4 Å². The highest BCUT2D eigenvalue weighted by atomic mass is 35.5. The molecule has 0 amide bonds. The molecule has 0 aromatic heterocycles. The quantitative estimate of drug-likeness (QED) is 0.718. The maximum atomic E-state index is 9.61. The molecule has 3 rings (SSSR count). The van der Waals surface area contributed by atoms with Crippen LogP contribution in [-0.2, 0) is 6.42 Å². The number of hydrogen-bond acceptors (Lipinski definition) is 2. The SMILES string of the molecule is Oc1ccc2c(c1)CCCC2Nc1c(Cl)cc(Cl)cc1Cl. The van der Waals surface area contributed by atoms with E-state index in [1.54, 1.807) is 18.2 Å². The number of anilines is 1. The average Bonchev–Trinajstić information content (AvgIpc) is 2.42. The monoisotopic (exact) mass is 341 g/mol. The van der Waals surface area contributed by atoms with E-state index in [0.717, 1.165) is 19.3 Å². The number of phenolic OH excluding ortho intramolecular Hbond substituents is 1. The van der Waals surface area contributed by atoms with Gasteiger partial charge in [0.1, 0.15) is 5.75 Å². The summed E-state index contributed by atoms with van der Waals surface area (Å²) < 4.78 is 0. The molecule has 110 valence electrons. The van der Waals surface area contributed by atoms with Crippen LogP contribution in [0, 0.1) is 0 Å². The molecule has 0 heterocycles. The molecule has 5 heteroatoms. The van der Waals surface area contributed by atoms with Gasteiger partial charge in [0.15, 0.2) is 0 Å². The molecular formula is C16H14Cl3NO. The number of aryl methyl sites for hydroxylation is 1. The summed E-state index contributed by atoms with van der Waals surface area (Å²) in [4.78, 5) is 0. The normalized spacial score (nSPS) is 17.4. The molecule has 1 aliphatic rings. The van der Waals surface area contributed by atoms with Crippen LogP contribution in [0.3, 0.4) is 0 Å². The topological polar surface area (TPSA) is 32.3 Å². The van der Waals surface area contributed by atoms with Crippen molar-refractivity contribution in [1.29, 1.82) is 0 Å². The molecule has 2 N–H and O–H groups in total. The molecular weight excluding hydrogens is 329 g/mol. The maximum Gasteiger partial charge on any atom is 0.115 e. The van der Waals surface area contributed by atoms with Crippen molar-refractivity contribution in [1.82, 2.24) is 0 Å². The molecule has 2 aromatic carbocycles. The molecule has 0 spiro atoms. The van der Waals surface area contributed by atoms with E-state index in [2.05, 4.69) is 5.32 Å². The van der Waals surface area contributed by atoms with Gasteiger partial charge in [-0.05, 0) is 54.7 Å². The van der Waals surface area contributed by atoms with Crippen molar-refractivity contribution >= 4 is 40.5 Å². The summed E-state index contributed by atoms with van der Waals surface area (Å²) in [5.74, 6) is 0.303. The molecule has 0 radical (unpaired) electrons. The van der Waals surface area contributed by atoms with Crippen LogP contribution in [0.4, 0.5) is 5.69 Å². The number of fused-ring (bicyclic) bond motifs is 1. The fourth-order valence-corrected chi connectivity index (χ4v) is 3.73. The molecule has 0 aliphatic heterocycles. The highest BCUT2D eigenvalue weighted by Crippen LogP contribution is 2.39. The first kappa shape index (κ1) is 14.8. The van der Waals surface area contributed by atoms with E-state index in [9.17, 15) is 5.11 Å². The number of rotatable bonds is 2. The van der Waals surface area contributed by atoms with Gasteiger partial charge in [0.25, 0.3) is 0 Å². The smallest absolute Gasteiger partial charge is 0.115 e.